The Morgan fingerprint density at radius 2 is 2.11 bits per heavy atom. The number of nitrogens with one attached hydrogen (secondary N) is 1. The van der Waals surface area contributed by atoms with E-state index in [9.17, 15) is 4.79 Å². The third-order valence-corrected chi connectivity index (χ3v) is 3.03. The van der Waals surface area contributed by atoms with Gasteiger partial charge in [-0.1, -0.05) is 43.7 Å². The van der Waals surface area contributed by atoms with Gasteiger partial charge in [0.05, 0.1) is 0 Å². The molecule has 0 aliphatic heterocycles. The molecule has 0 fully saturated rings. The van der Waals surface area contributed by atoms with E-state index in [0.29, 0.717) is 13.0 Å². The number of rotatable bonds is 5. The molecule has 0 bridgehead atoms. The van der Waals surface area contributed by atoms with Crippen LogP contribution in [0.5, 0.6) is 0 Å². The van der Waals surface area contributed by atoms with Crippen LogP contribution in [0.2, 0.25) is 0 Å². The van der Waals surface area contributed by atoms with Crippen LogP contribution in [0.3, 0.4) is 0 Å². The molecule has 1 amide bonds. The number of aryl methyl sites for hydroxylation is 1. The summed E-state index contributed by atoms with van der Waals surface area (Å²) in [6.45, 7) is 8.81. The van der Waals surface area contributed by atoms with Crippen molar-refractivity contribution in [3.05, 3.63) is 35.4 Å². The van der Waals surface area contributed by atoms with E-state index >= 15 is 0 Å². The molecule has 0 saturated heterocycles. The van der Waals surface area contributed by atoms with Crippen molar-refractivity contribution in [3.63, 3.8) is 0 Å². The monoisotopic (exact) mass is 248 g/mol. The molecule has 0 aliphatic rings. The highest BCUT2D eigenvalue weighted by Gasteiger charge is 2.21. The molecule has 3 nitrogen and oxygen atoms in total. The highest BCUT2D eigenvalue weighted by atomic mass is 16.1. The number of amides is 1. The first-order chi connectivity index (χ1) is 8.31. The first-order valence-corrected chi connectivity index (χ1v) is 6.41. The zero-order valence-electron chi connectivity index (χ0n) is 11.8. The summed E-state index contributed by atoms with van der Waals surface area (Å²) in [5.41, 5.74) is 8.01. The number of benzene rings is 1. The summed E-state index contributed by atoms with van der Waals surface area (Å²) in [6, 6.07) is 8.31. The van der Waals surface area contributed by atoms with Crippen LogP contribution in [0, 0.1) is 6.92 Å². The first kappa shape index (κ1) is 14.7. The van der Waals surface area contributed by atoms with Crippen LogP contribution >= 0.6 is 0 Å². The van der Waals surface area contributed by atoms with Gasteiger partial charge in [0.1, 0.15) is 0 Å². The minimum atomic E-state index is -0.0907. The van der Waals surface area contributed by atoms with E-state index in [4.69, 9.17) is 5.73 Å². The Morgan fingerprint density at radius 1 is 1.44 bits per heavy atom. The molecule has 0 saturated carbocycles. The van der Waals surface area contributed by atoms with E-state index in [1.807, 2.05) is 6.92 Å². The summed E-state index contributed by atoms with van der Waals surface area (Å²) in [4.78, 5) is 11.6. The summed E-state index contributed by atoms with van der Waals surface area (Å²) in [7, 11) is 0. The summed E-state index contributed by atoms with van der Waals surface area (Å²) >= 11 is 0. The van der Waals surface area contributed by atoms with Crippen LogP contribution in [-0.4, -0.2) is 18.5 Å². The smallest absolute Gasteiger partial charge is 0.221 e. The average molecular weight is 248 g/mol. The van der Waals surface area contributed by atoms with Crippen molar-refractivity contribution in [1.82, 2.24) is 5.32 Å². The molecule has 1 rings (SSSR count). The predicted molar refractivity (Wildman–Crippen MR) is 75.5 cm³/mol. The maximum atomic E-state index is 11.6. The molecule has 18 heavy (non-hydrogen) atoms. The number of hydrogen-bond acceptors (Lipinski definition) is 2. The van der Waals surface area contributed by atoms with E-state index in [2.05, 4.69) is 50.4 Å². The molecule has 0 heterocycles. The highest BCUT2D eigenvalue weighted by Crippen LogP contribution is 2.22. The fourth-order valence-corrected chi connectivity index (χ4v) is 1.85. The zero-order chi connectivity index (χ0) is 13.8. The van der Waals surface area contributed by atoms with Gasteiger partial charge in [0.2, 0.25) is 5.91 Å². The molecule has 1 unspecified atom stereocenters. The Labute approximate surface area is 110 Å². The highest BCUT2D eigenvalue weighted by molar-refractivity contribution is 5.76. The van der Waals surface area contributed by atoms with Gasteiger partial charge < -0.3 is 11.1 Å². The normalized spacial score (nSPS) is 13.2. The number of nitrogens with two attached hydrogens (primary N) is 1. The van der Waals surface area contributed by atoms with E-state index in [1.165, 1.54) is 11.1 Å². The summed E-state index contributed by atoms with van der Waals surface area (Å²) in [5.74, 6) is 0.0192. The molecule has 1 aromatic carbocycles. The lowest BCUT2D eigenvalue weighted by Crippen LogP contribution is -2.38. The van der Waals surface area contributed by atoms with Crippen LogP contribution in [-0.2, 0) is 10.2 Å². The summed E-state index contributed by atoms with van der Waals surface area (Å²) < 4.78 is 0. The van der Waals surface area contributed by atoms with Crippen molar-refractivity contribution in [3.8, 4) is 0 Å². The maximum absolute atomic E-state index is 11.6. The molecule has 0 aliphatic carbocycles. The second-order valence-electron chi connectivity index (χ2n) is 5.71. The number of carbonyl (C=O) groups excluding carboxylic acids is 1. The van der Waals surface area contributed by atoms with Crippen molar-refractivity contribution in [2.75, 3.05) is 6.54 Å². The Hall–Kier alpha value is -1.35. The van der Waals surface area contributed by atoms with Gasteiger partial charge in [-0.3, -0.25) is 4.79 Å². The molecule has 0 spiro atoms. The van der Waals surface area contributed by atoms with Gasteiger partial charge in [0.15, 0.2) is 0 Å². The van der Waals surface area contributed by atoms with Crippen molar-refractivity contribution in [2.24, 2.45) is 5.73 Å². The first-order valence-electron chi connectivity index (χ1n) is 6.41. The minimum absolute atomic E-state index is 0.0192. The molecule has 1 atom stereocenters. The van der Waals surface area contributed by atoms with Crippen LogP contribution < -0.4 is 11.1 Å². The lowest BCUT2D eigenvalue weighted by molar-refractivity contribution is -0.121. The second kappa shape index (κ2) is 6.01. The molecule has 100 valence electrons. The van der Waals surface area contributed by atoms with Gasteiger partial charge in [-0.2, -0.15) is 0 Å². The van der Waals surface area contributed by atoms with Crippen LogP contribution in [0.1, 0.15) is 38.3 Å². The molecule has 1 aromatic rings. The predicted octanol–water partition coefficient (Wildman–Crippen LogP) is 2.13. The summed E-state index contributed by atoms with van der Waals surface area (Å²) in [6.07, 6.45) is 0.379. The number of hydrogen-bond donors (Lipinski definition) is 2. The van der Waals surface area contributed by atoms with Crippen molar-refractivity contribution in [2.45, 2.75) is 45.6 Å². The molecule has 3 N–H and O–H groups in total. The lowest BCUT2D eigenvalue weighted by atomic mass is 9.84. The fourth-order valence-electron chi connectivity index (χ4n) is 1.85. The largest absolute Gasteiger partial charge is 0.355 e. The van der Waals surface area contributed by atoms with Gasteiger partial charge >= 0.3 is 0 Å². The molecule has 0 aromatic heterocycles. The SMILES string of the molecule is Cc1cccc(C(C)(C)CNC(=O)CC(C)N)c1. The Balaban J connectivity index is 2.62. The fraction of sp³-hybridized carbons (Fsp3) is 0.533. The van der Waals surface area contributed by atoms with E-state index in [0.717, 1.165) is 0 Å². The van der Waals surface area contributed by atoms with Gasteiger partial charge in [0.25, 0.3) is 0 Å². The molecule has 0 radical (unpaired) electrons. The maximum Gasteiger partial charge on any atom is 0.221 e. The topological polar surface area (TPSA) is 55.1 Å². The molecule has 3 heteroatoms. The minimum Gasteiger partial charge on any atom is -0.355 e. The van der Waals surface area contributed by atoms with Gasteiger partial charge in [0, 0.05) is 24.4 Å². The van der Waals surface area contributed by atoms with Crippen molar-refractivity contribution >= 4 is 5.91 Å². The van der Waals surface area contributed by atoms with E-state index < -0.39 is 0 Å². The van der Waals surface area contributed by atoms with E-state index in [1.54, 1.807) is 0 Å². The van der Waals surface area contributed by atoms with Crippen molar-refractivity contribution < 1.29 is 4.79 Å². The van der Waals surface area contributed by atoms with Gasteiger partial charge in [-0.05, 0) is 19.4 Å². The van der Waals surface area contributed by atoms with E-state index in [-0.39, 0.29) is 17.4 Å². The number of carbonyl (C=O) groups is 1. The third-order valence-electron chi connectivity index (χ3n) is 3.03. The standard InChI is InChI=1S/C15H24N2O/c1-11-6-5-7-13(8-11)15(3,4)10-17-14(18)9-12(2)16/h5-8,12H,9-10,16H2,1-4H3,(H,17,18). The zero-order valence-corrected chi connectivity index (χ0v) is 11.8. The molecular formula is C15H24N2O. The van der Waals surface area contributed by atoms with Crippen LogP contribution in [0.25, 0.3) is 0 Å². The Kier molecular flexibility index (Phi) is 4.91. The van der Waals surface area contributed by atoms with Crippen LogP contribution in [0.15, 0.2) is 24.3 Å². The van der Waals surface area contributed by atoms with Gasteiger partial charge in [-0.25, -0.2) is 0 Å². The quantitative estimate of drug-likeness (QED) is 0.838. The van der Waals surface area contributed by atoms with Crippen molar-refractivity contribution in [1.29, 1.82) is 0 Å². The summed E-state index contributed by atoms with van der Waals surface area (Å²) in [5, 5.41) is 2.95. The Morgan fingerprint density at radius 3 is 2.67 bits per heavy atom. The second-order valence-corrected chi connectivity index (χ2v) is 5.71. The third kappa shape index (κ3) is 4.49. The lowest BCUT2D eigenvalue weighted by Gasteiger charge is -2.26. The average Bonchev–Trinajstić information content (AvgIpc) is 2.26. The Bertz CT molecular complexity index is 411. The van der Waals surface area contributed by atoms with Crippen LogP contribution in [0.4, 0.5) is 0 Å². The molecular weight excluding hydrogens is 224 g/mol. The van der Waals surface area contributed by atoms with Gasteiger partial charge in [-0.15, -0.1) is 0 Å².